The van der Waals surface area contributed by atoms with Crippen molar-refractivity contribution in [2.24, 2.45) is 16.8 Å². The lowest BCUT2D eigenvalue weighted by molar-refractivity contribution is -0.126. The zero-order valence-electron chi connectivity index (χ0n) is 17.2. The number of carbonyl (C=O) groups is 1. The van der Waals surface area contributed by atoms with Gasteiger partial charge in [0.25, 0.3) is 0 Å². The predicted octanol–water partition coefficient (Wildman–Crippen LogP) is 1.97. The summed E-state index contributed by atoms with van der Waals surface area (Å²) < 4.78 is 0. The Morgan fingerprint density at radius 3 is 2.73 bits per heavy atom. The number of amides is 1. The molecule has 3 N–H and O–H groups in total. The van der Waals surface area contributed by atoms with Gasteiger partial charge in [0.05, 0.1) is 0 Å². The first-order valence-corrected chi connectivity index (χ1v) is 10.5. The van der Waals surface area contributed by atoms with Crippen LogP contribution in [0.5, 0.6) is 0 Å². The first-order chi connectivity index (χ1) is 12.5. The molecule has 2 aliphatic rings. The van der Waals surface area contributed by atoms with Crippen molar-refractivity contribution >= 4 is 11.9 Å². The van der Waals surface area contributed by atoms with E-state index in [2.05, 4.69) is 34.8 Å². The molecule has 0 spiro atoms. The molecule has 1 aliphatic heterocycles. The number of guanidine groups is 1. The molecule has 150 valence electrons. The van der Waals surface area contributed by atoms with Gasteiger partial charge >= 0.3 is 0 Å². The standard InChI is InChI=1S/C20H39N5O/c1-5-21-20(22-13-16-8-7-11-25(4)14-16)24-18-10-6-9-17(12-18)19(26)23-15(2)3/h15-18H,5-14H2,1-4H3,(H,23,26)(H2,21,22,24). The minimum Gasteiger partial charge on any atom is -0.357 e. The average Bonchev–Trinajstić information content (AvgIpc) is 2.60. The lowest BCUT2D eigenvalue weighted by atomic mass is 9.85. The van der Waals surface area contributed by atoms with Crippen LogP contribution in [0.15, 0.2) is 4.99 Å². The van der Waals surface area contributed by atoms with Crippen molar-refractivity contribution in [2.75, 3.05) is 33.2 Å². The van der Waals surface area contributed by atoms with Gasteiger partial charge in [0.2, 0.25) is 5.91 Å². The summed E-state index contributed by atoms with van der Waals surface area (Å²) in [6, 6.07) is 0.543. The molecule has 2 fully saturated rings. The van der Waals surface area contributed by atoms with Gasteiger partial charge in [-0.15, -0.1) is 0 Å². The summed E-state index contributed by atoms with van der Waals surface area (Å²) in [4.78, 5) is 19.6. The Kier molecular flexibility index (Phi) is 8.69. The van der Waals surface area contributed by atoms with Gasteiger partial charge < -0.3 is 20.9 Å². The largest absolute Gasteiger partial charge is 0.357 e. The van der Waals surface area contributed by atoms with Gasteiger partial charge in [-0.1, -0.05) is 6.42 Å². The van der Waals surface area contributed by atoms with E-state index in [-0.39, 0.29) is 17.9 Å². The first-order valence-electron chi connectivity index (χ1n) is 10.5. The summed E-state index contributed by atoms with van der Waals surface area (Å²) in [5.41, 5.74) is 0. The molecule has 3 atom stereocenters. The minimum absolute atomic E-state index is 0.124. The smallest absolute Gasteiger partial charge is 0.223 e. The summed E-state index contributed by atoms with van der Waals surface area (Å²) in [5.74, 6) is 1.90. The van der Waals surface area contributed by atoms with Crippen molar-refractivity contribution in [2.45, 2.75) is 71.4 Å². The molecule has 6 nitrogen and oxygen atoms in total. The Balaban J connectivity index is 1.87. The van der Waals surface area contributed by atoms with Gasteiger partial charge in [0.1, 0.15) is 0 Å². The number of carbonyl (C=O) groups excluding carboxylic acids is 1. The third kappa shape index (κ3) is 7.14. The second kappa shape index (κ2) is 10.8. The molecule has 26 heavy (non-hydrogen) atoms. The molecule has 0 aromatic carbocycles. The number of piperidine rings is 1. The molecule has 0 radical (unpaired) electrons. The molecular formula is C20H39N5O. The molecule has 2 rings (SSSR count). The Labute approximate surface area is 159 Å². The number of nitrogens with one attached hydrogen (secondary N) is 3. The minimum atomic E-state index is 0.124. The predicted molar refractivity (Wildman–Crippen MR) is 108 cm³/mol. The van der Waals surface area contributed by atoms with Crippen molar-refractivity contribution < 1.29 is 4.79 Å². The van der Waals surface area contributed by atoms with Crippen molar-refractivity contribution in [1.29, 1.82) is 0 Å². The van der Waals surface area contributed by atoms with Crippen LogP contribution in [0.2, 0.25) is 0 Å². The fourth-order valence-corrected chi connectivity index (χ4v) is 4.12. The maximum Gasteiger partial charge on any atom is 0.223 e. The topological polar surface area (TPSA) is 68.8 Å². The van der Waals surface area contributed by atoms with E-state index in [1.165, 1.54) is 19.4 Å². The fourth-order valence-electron chi connectivity index (χ4n) is 4.12. The molecule has 1 saturated carbocycles. The van der Waals surface area contributed by atoms with Crippen LogP contribution in [0, 0.1) is 11.8 Å². The van der Waals surface area contributed by atoms with Crippen molar-refractivity contribution in [3.05, 3.63) is 0 Å². The van der Waals surface area contributed by atoms with E-state index in [0.717, 1.165) is 51.3 Å². The highest BCUT2D eigenvalue weighted by Gasteiger charge is 2.28. The van der Waals surface area contributed by atoms with Crippen LogP contribution in [0.4, 0.5) is 0 Å². The summed E-state index contributed by atoms with van der Waals surface area (Å²) >= 11 is 0. The van der Waals surface area contributed by atoms with Gasteiger partial charge in [-0.3, -0.25) is 9.79 Å². The van der Waals surface area contributed by atoms with E-state index >= 15 is 0 Å². The van der Waals surface area contributed by atoms with Crippen LogP contribution in [-0.2, 0) is 4.79 Å². The zero-order chi connectivity index (χ0) is 18.9. The van der Waals surface area contributed by atoms with E-state index in [1.54, 1.807) is 0 Å². The Morgan fingerprint density at radius 2 is 2.04 bits per heavy atom. The van der Waals surface area contributed by atoms with Crippen LogP contribution in [0.3, 0.4) is 0 Å². The molecular weight excluding hydrogens is 326 g/mol. The van der Waals surface area contributed by atoms with Crippen LogP contribution in [-0.4, -0.2) is 62.1 Å². The summed E-state index contributed by atoms with van der Waals surface area (Å²) in [6.07, 6.45) is 6.65. The number of aliphatic imine (C=N–C) groups is 1. The first kappa shape index (κ1) is 21.0. The highest BCUT2D eigenvalue weighted by atomic mass is 16.1. The summed E-state index contributed by atoms with van der Waals surface area (Å²) in [6.45, 7) is 10.2. The highest BCUT2D eigenvalue weighted by Crippen LogP contribution is 2.24. The molecule has 1 aliphatic carbocycles. The van der Waals surface area contributed by atoms with Gasteiger partial charge in [0.15, 0.2) is 5.96 Å². The maximum absolute atomic E-state index is 12.3. The molecule has 1 heterocycles. The van der Waals surface area contributed by atoms with E-state index in [1.807, 2.05) is 13.8 Å². The van der Waals surface area contributed by atoms with Gasteiger partial charge in [-0.05, 0) is 72.4 Å². The third-order valence-corrected chi connectivity index (χ3v) is 5.39. The fraction of sp³-hybridized carbons (Fsp3) is 0.900. The van der Waals surface area contributed by atoms with E-state index in [4.69, 9.17) is 4.99 Å². The van der Waals surface area contributed by atoms with Crippen molar-refractivity contribution in [3.8, 4) is 0 Å². The number of hydrogen-bond donors (Lipinski definition) is 3. The average molecular weight is 366 g/mol. The third-order valence-electron chi connectivity index (χ3n) is 5.39. The van der Waals surface area contributed by atoms with E-state index < -0.39 is 0 Å². The Hall–Kier alpha value is -1.30. The molecule has 0 bridgehead atoms. The molecule has 6 heteroatoms. The van der Waals surface area contributed by atoms with Gasteiger partial charge in [-0.25, -0.2) is 0 Å². The number of nitrogens with zero attached hydrogens (tertiary/aromatic N) is 2. The van der Waals surface area contributed by atoms with E-state index in [9.17, 15) is 4.79 Å². The monoisotopic (exact) mass is 365 g/mol. The molecule has 0 aromatic heterocycles. The second-order valence-corrected chi connectivity index (χ2v) is 8.36. The summed E-state index contributed by atoms with van der Waals surface area (Å²) in [5, 5.41) is 10.0. The second-order valence-electron chi connectivity index (χ2n) is 8.36. The molecule has 1 saturated heterocycles. The SMILES string of the molecule is CCNC(=NCC1CCCN(C)C1)NC1CCCC(C(=O)NC(C)C)C1. The van der Waals surface area contributed by atoms with Crippen molar-refractivity contribution in [3.63, 3.8) is 0 Å². The van der Waals surface area contributed by atoms with Gasteiger partial charge in [0, 0.05) is 37.6 Å². The molecule has 0 aromatic rings. The maximum atomic E-state index is 12.3. The number of hydrogen-bond acceptors (Lipinski definition) is 3. The lowest BCUT2D eigenvalue weighted by Crippen LogP contribution is -2.47. The van der Waals surface area contributed by atoms with E-state index in [0.29, 0.717) is 12.0 Å². The zero-order valence-corrected chi connectivity index (χ0v) is 17.2. The van der Waals surface area contributed by atoms with Crippen LogP contribution >= 0.6 is 0 Å². The van der Waals surface area contributed by atoms with Gasteiger partial charge in [-0.2, -0.15) is 0 Å². The highest BCUT2D eigenvalue weighted by molar-refractivity contribution is 5.81. The normalized spacial score (nSPS) is 28.0. The molecule has 3 unspecified atom stereocenters. The van der Waals surface area contributed by atoms with Crippen LogP contribution < -0.4 is 16.0 Å². The Morgan fingerprint density at radius 1 is 1.23 bits per heavy atom. The lowest BCUT2D eigenvalue weighted by Gasteiger charge is -2.31. The quantitative estimate of drug-likeness (QED) is 0.497. The Bertz CT molecular complexity index is 465. The summed E-state index contributed by atoms with van der Waals surface area (Å²) in [7, 11) is 2.20. The molecule has 1 amide bonds. The van der Waals surface area contributed by atoms with Crippen LogP contribution in [0.25, 0.3) is 0 Å². The number of rotatable bonds is 6. The van der Waals surface area contributed by atoms with Crippen LogP contribution in [0.1, 0.15) is 59.3 Å². The number of likely N-dealkylation sites (tertiary alicyclic amines) is 1. The van der Waals surface area contributed by atoms with Crippen molar-refractivity contribution in [1.82, 2.24) is 20.9 Å².